The molecule has 0 aliphatic heterocycles. The van der Waals surface area contributed by atoms with E-state index in [2.05, 4.69) is 4.98 Å². The van der Waals surface area contributed by atoms with E-state index < -0.39 is 4.92 Å². The number of ether oxygens (including phenoxy) is 2. The third-order valence-corrected chi connectivity index (χ3v) is 1.47. The van der Waals surface area contributed by atoms with E-state index in [1.807, 2.05) is 0 Å². The summed E-state index contributed by atoms with van der Waals surface area (Å²) in [4.78, 5) is 13.7. The number of nitrogens with zero attached hydrogens (tertiary/aromatic N) is 2. The fourth-order valence-electron chi connectivity index (χ4n) is 0.854. The minimum absolute atomic E-state index is 0.0227. The van der Waals surface area contributed by atoms with Gasteiger partial charge in [-0.15, -0.1) is 0 Å². The van der Waals surface area contributed by atoms with Crippen LogP contribution in [-0.4, -0.2) is 30.2 Å². The van der Waals surface area contributed by atoms with Crippen molar-refractivity contribution in [3.63, 3.8) is 0 Å². The molecule has 0 N–H and O–H groups in total. The Morgan fingerprint density at radius 2 is 2.36 bits per heavy atom. The third kappa shape index (κ3) is 2.67. The van der Waals surface area contributed by atoms with Crippen molar-refractivity contribution in [1.82, 2.24) is 4.98 Å². The molecular formula is C8H10N2O4. The van der Waals surface area contributed by atoms with Gasteiger partial charge >= 0.3 is 5.69 Å². The summed E-state index contributed by atoms with van der Waals surface area (Å²) in [5, 5.41) is 10.5. The highest BCUT2D eigenvalue weighted by Gasteiger charge is 2.14. The average Bonchev–Trinajstić information content (AvgIpc) is 2.19. The molecule has 6 nitrogen and oxygen atoms in total. The molecule has 76 valence electrons. The van der Waals surface area contributed by atoms with Crippen LogP contribution in [0.1, 0.15) is 0 Å². The van der Waals surface area contributed by atoms with Gasteiger partial charge in [0.2, 0.25) is 0 Å². The Hall–Kier alpha value is -1.69. The molecule has 0 bridgehead atoms. The zero-order chi connectivity index (χ0) is 10.4. The molecule has 0 aromatic carbocycles. The predicted molar refractivity (Wildman–Crippen MR) is 48.3 cm³/mol. The standard InChI is InChI=1S/C8H10N2O4/c1-13-5-6-14-8-7(10(11)12)3-2-4-9-8/h2-4H,5-6H2,1H3. The monoisotopic (exact) mass is 198 g/mol. The number of nitro groups is 1. The van der Waals surface area contributed by atoms with E-state index in [0.717, 1.165) is 0 Å². The maximum absolute atomic E-state index is 10.5. The number of methoxy groups -OCH3 is 1. The van der Waals surface area contributed by atoms with Crippen molar-refractivity contribution in [3.05, 3.63) is 28.4 Å². The number of hydrogen-bond acceptors (Lipinski definition) is 5. The van der Waals surface area contributed by atoms with Crippen molar-refractivity contribution < 1.29 is 14.4 Å². The molecule has 0 amide bonds. The summed E-state index contributed by atoms with van der Waals surface area (Å²) in [6.45, 7) is 0.613. The van der Waals surface area contributed by atoms with E-state index in [1.54, 1.807) is 0 Å². The molecule has 0 aliphatic carbocycles. The molecule has 6 heteroatoms. The number of hydrogen-bond donors (Lipinski definition) is 0. The molecule has 0 unspecified atom stereocenters. The van der Waals surface area contributed by atoms with Crippen LogP contribution in [0.25, 0.3) is 0 Å². The van der Waals surface area contributed by atoms with Crippen LogP contribution in [0.2, 0.25) is 0 Å². The van der Waals surface area contributed by atoms with E-state index in [0.29, 0.717) is 6.61 Å². The highest BCUT2D eigenvalue weighted by atomic mass is 16.6. The smallest absolute Gasteiger partial charge is 0.330 e. The fourth-order valence-corrected chi connectivity index (χ4v) is 0.854. The highest BCUT2D eigenvalue weighted by molar-refractivity contribution is 5.39. The number of pyridine rings is 1. The van der Waals surface area contributed by atoms with Gasteiger partial charge in [-0.3, -0.25) is 10.1 Å². The van der Waals surface area contributed by atoms with Crippen LogP contribution in [0.15, 0.2) is 18.3 Å². The molecule has 0 spiro atoms. The van der Waals surface area contributed by atoms with Crippen molar-refractivity contribution >= 4 is 5.69 Å². The Morgan fingerprint density at radius 3 is 3.00 bits per heavy atom. The van der Waals surface area contributed by atoms with Crippen molar-refractivity contribution in [2.24, 2.45) is 0 Å². The second-order valence-corrected chi connectivity index (χ2v) is 2.43. The molecule has 1 aromatic rings. The van der Waals surface area contributed by atoms with Crippen LogP contribution < -0.4 is 4.74 Å². The van der Waals surface area contributed by atoms with E-state index in [-0.39, 0.29) is 18.2 Å². The largest absolute Gasteiger partial charge is 0.470 e. The van der Waals surface area contributed by atoms with Crippen molar-refractivity contribution in [3.8, 4) is 5.88 Å². The molecule has 0 saturated carbocycles. The van der Waals surface area contributed by atoms with Crippen LogP contribution >= 0.6 is 0 Å². The molecule has 1 aromatic heterocycles. The summed E-state index contributed by atoms with van der Waals surface area (Å²) >= 11 is 0. The Morgan fingerprint density at radius 1 is 1.57 bits per heavy atom. The quantitative estimate of drug-likeness (QED) is 0.401. The molecule has 1 rings (SSSR count). The summed E-state index contributed by atoms with van der Waals surface area (Å²) in [5.74, 6) is 0.0227. The Balaban J connectivity index is 2.69. The van der Waals surface area contributed by atoms with E-state index in [1.165, 1.54) is 25.4 Å². The molecule has 14 heavy (non-hydrogen) atoms. The number of rotatable bonds is 5. The van der Waals surface area contributed by atoms with Gasteiger partial charge in [0.1, 0.15) is 6.61 Å². The van der Waals surface area contributed by atoms with Gasteiger partial charge in [-0.25, -0.2) is 4.98 Å². The summed E-state index contributed by atoms with van der Waals surface area (Å²) in [6, 6.07) is 2.83. The zero-order valence-corrected chi connectivity index (χ0v) is 7.67. The molecule has 0 atom stereocenters. The second-order valence-electron chi connectivity index (χ2n) is 2.43. The Kier molecular flexibility index (Phi) is 3.81. The predicted octanol–water partition coefficient (Wildman–Crippen LogP) is 1.02. The van der Waals surface area contributed by atoms with Crippen molar-refractivity contribution in [1.29, 1.82) is 0 Å². The maximum Gasteiger partial charge on any atom is 0.330 e. The second kappa shape index (κ2) is 5.13. The van der Waals surface area contributed by atoms with E-state index >= 15 is 0 Å². The summed E-state index contributed by atoms with van der Waals surface area (Å²) in [5.41, 5.74) is -0.136. The molecule has 1 heterocycles. The average molecular weight is 198 g/mol. The van der Waals surface area contributed by atoms with Crippen molar-refractivity contribution in [2.75, 3.05) is 20.3 Å². The van der Waals surface area contributed by atoms with Crippen molar-refractivity contribution in [2.45, 2.75) is 0 Å². The lowest BCUT2D eigenvalue weighted by Crippen LogP contribution is -2.06. The van der Waals surface area contributed by atoms with E-state index in [4.69, 9.17) is 9.47 Å². The van der Waals surface area contributed by atoms with Gasteiger partial charge in [0.15, 0.2) is 0 Å². The maximum atomic E-state index is 10.5. The van der Waals surface area contributed by atoms with Crippen LogP contribution in [0.3, 0.4) is 0 Å². The third-order valence-electron chi connectivity index (χ3n) is 1.47. The summed E-state index contributed by atoms with van der Waals surface area (Å²) < 4.78 is 9.80. The van der Waals surface area contributed by atoms with Crippen LogP contribution in [0.4, 0.5) is 5.69 Å². The molecular weight excluding hydrogens is 188 g/mol. The van der Waals surface area contributed by atoms with Gasteiger partial charge in [-0.1, -0.05) is 0 Å². The highest BCUT2D eigenvalue weighted by Crippen LogP contribution is 2.22. The van der Waals surface area contributed by atoms with Crippen LogP contribution in [0, 0.1) is 10.1 Å². The van der Waals surface area contributed by atoms with Gasteiger partial charge in [0, 0.05) is 19.4 Å². The lowest BCUT2D eigenvalue weighted by molar-refractivity contribution is -0.386. The van der Waals surface area contributed by atoms with Gasteiger partial charge in [-0.05, 0) is 6.07 Å². The molecule has 0 aliphatic rings. The minimum Gasteiger partial charge on any atom is -0.470 e. The molecule has 0 saturated heterocycles. The van der Waals surface area contributed by atoms with Gasteiger partial charge < -0.3 is 9.47 Å². The van der Waals surface area contributed by atoms with Crippen LogP contribution in [0.5, 0.6) is 5.88 Å². The molecule has 0 radical (unpaired) electrons. The number of aromatic nitrogens is 1. The first-order chi connectivity index (χ1) is 6.75. The lowest BCUT2D eigenvalue weighted by atomic mass is 10.4. The normalized spacial score (nSPS) is 9.79. The van der Waals surface area contributed by atoms with Crippen LogP contribution in [-0.2, 0) is 4.74 Å². The Labute approximate surface area is 80.6 Å². The lowest BCUT2D eigenvalue weighted by Gasteiger charge is -2.03. The Bertz CT molecular complexity index is 316. The zero-order valence-electron chi connectivity index (χ0n) is 7.67. The first-order valence-corrected chi connectivity index (χ1v) is 3.97. The van der Waals surface area contributed by atoms with Gasteiger partial charge in [-0.2, -0.15) is 0 Å². The topological polar surface area (TPSA) is 74.5 Å². The first kappa shape index (κ1) is 10.4. The van der Waals surface area contributed by atoms with Gasteiger partial charge in [0.25, 0.3) is 5.88 Å². The molecule has 0 fully saturated rings. The van der Waals surface area contributed by atoms with Gasteiger partial charge in [0.05, 0.1) is 11.5 Å². The summed E-state index contributed by atoms with van der Waals surface area (Å²) in [6.07, 6.45) is 1.44. The van der Waals surface area contributed by atoms with E-state index in [9.17, 15) is 10.1 Å². The summed E-state index contributed by atoms with van der Waals surface area (Å²) in [7, 11) is 1.52. The SMILES string of the molecule is COCCOc1ncccc1[N+](=O)[O-]. The minimum atomic E-state index is -0.533. The fraction of sp³-hybridized carbons (Fsp3) is 0.375. The first-order valence-electron chi connectivity index (χ1n) is 3.97.